The van der Waals surface area contributed by atoms with E-state index in [2.05, 4.69) is 25.5 Å². The number of aromatic nitrogens is 4. The van der Waals surface area contributed by atoms with Gasteiger partial charge < -0.3 is 29.7 Å². The van der Waals surface area contributed by atoms with E-state index in [4.69, 9.17) is 14.2 Å². The van der Waals surface area contributed by atoms with Crippen LogP contribution in [0.15, 0.2) is 46.8 Å². The molecule has 1 aromatic carbocycles. The number of imidazole rings is 1. The summed E-state index contributed by atoms with van der Waals surface area (Å²) in [4.78, 5) is 37.1. The van der Waals surface area contributed by atoms with Gasteiger partial charge in [-0.05, 0) is 31.3 Å². The van der Waals surface area contributed by atoms with Gasteiger partial charge in [0.2, 0.25) is 0 Å². The number of carbonyl (C=O) groups excluding carboxylic acids is 1. The highest BCUT2D eigenvalue weighted by atomic mass is 32.1. The number of hydrogen-bond acceptors (Lipinski definition) is 9. The second-order valence-electron chi connectivity index (χ2n) is 8.80. The van der Waals surface area contributed by atoms with Crippen LogP contribution in [0, 0.1) is 0 Å². The van der Waals surface area contributed by atoms with Crippen LogP contribution in [0.25, 0.3) is 21.5 Å². The van der Waals surface area contributed by atoms with Crippen molar-refractivity contribution in [2.24, 2.45) is 7.05 Å². The molecule has 0 bridgehead atoms. The number of aryl methyl sites for hydroxylation is 1. The molecule has 0 saturated carbocycles. The number of amides is 1. The highest BCUT2D eigenvalue weighted by molar-refractivity contribution is 7.12. The number of hydrogen-bond donors (Lipinski definition) is 1. The predicted octanol–water partition coefficient (Wildman–Crippen LogP) is 2.67. The van der Waals surface area contributed by atoms with E-state index in [1.807, 2.05) is 12.1 Å². The summed E-state index contributed by atoms with van der Waals surface area (Å²) in [6, 6.07) is 7.30. The minimum Gasteiger partial charge on any atom is -0.659 e. The van der Waals surface area contributed by atoms with Crippen molar-refractivity contribution in [2.45, 2.75) is 0 Å². The maximum absolute atomic E-state index is 13.1. The Hall–Kier alpha value is -3.78. The number of anilines is 2. The fourth-order valence-electron chi connectivity index (χ4n) is 4.32. The van der Waals surface area contributed by atoms with E-state index in [-0.39, 0.29) is 17.3 Å². The van der Waals surface area contributed by atoms with Gasteiger partial charge in [-0.3, -0.25) is 14.3 Å². The summed E-state index contributed by atoms with van der Waals surface area (Å²) in [7, 11) is 3.32. The van der Waals surface area contributed by atoms with E-state index in [0.717, 1.165) is 31.9 Å². The number of methoxy groups -OCH3 is 1. The molecule has 3 aromatic heterocycles. The summed E-state index contributed by atoms with van der Waals surface area (Å²) >= 11 is 1.22. The number of benzene rings is 1. The third-order valence-corrected chi connectivity index (χ3v) is 7.14. The molecule has 13 heteroatoms. The van der Waals surface area contributed by atoms with Crippen LogP contribution in [0.3, 0.4) is 0 Å². The van der Waals surface area contributed by atoms with Gasteiger partial charge in [0.1, 0.15) is 18.1 Å². The Labute approximate surface area is 229 Å². The molecule has 1 saturated heterocycles. The molecular weight excluding hydrogens is 522 g/mol. The summed E-state index contributed by atoms with van der Waals surface area (Å²) in [5.74, 6) is 0.254. The molecule has 1 aliphatic heterocycles. The van der Waals surface area contributed by atoms with Crippen molar-refractivity contribution < 1.29 is 19.0 Å². The van der Waals surface area contributed by atoms with Crippen molar-refractivity contribution >= 4 is 39.7 Å². The number of pyridine rings is 1. The largest absolute Gasteiger partial charge is 0.659 e. The van der Waals surface area contributed by atoms with E-state index >= 15 is 0 Å². The lowest BCUT2D eigenvalue weighted by Crippen LogP contribution is -2.34. The fourth-order valence-corrected chi connectivity index (χ4v) is 5.13. The summed E-state index contributed by atoms with van der Waals surface area (Å²) in [5.41, 5.74) is 2.81. The van der Waals surface area contributed by atoms with Crippen LogP contribution in [0.5, 0.6) is 5.75 Å². The zero-order valence-electron chi connectivity index (χ0n) is 21.8. The Balaban J connectivity index is 1.32. The first-order chi connectivity index (χ1) is 19.1. The second kappa shape index (κ2) is 12.4. The van der Waals surface area contributed by atoms with Crippen LogP contribution in [0.4, 0.5) is 11.4 Å². The smallest absolute Gasteiger partial charge is 0.335 e. The molecule has 1 fully saturated rings. The molecule has 0 aliphatic carbocycles. The van der Waals surface area contributed by atoms with Gasteiger partial charge in [-0.25, -0.2) is 14.3 Å². The molecule has 12 nitrogen and oxygen atoms in total. The van der Waals surface area contributed by atoms with Crippen molar-refractivity contribution in [3.05, 3.63) is 63.5 Å². The molecule has 1 aliphatic rings. The first-order valence-corrected chi connectivity index (χ1v) is 13.4. The van der Waals surface area contributed by atoms with Crippen molar-refractivity contribution in [1.82, 2.24) is 19.1 Å². The Morgan fingerprint density at radius 1 is 1.13 bits per heavy atom. The SMILES string of the molecule is COCCOCCOc1ccc2c(c1)n(C)c(=O)n2-c1nc(C(=O)Nc2cnccc2N2CC[N-]CC2)cs1. The second-order valence-corrected chi connectivity index (χ2v) is 9.64. The lowest BCUT2D eigenvalue weighted by molar-refractivity contribution is 0.0544. The zero-order valence-corrected chi connectivity index (χ0v) is 22.6. The molecule has 5 rings (SSSR count). The first-order valence-electron chi connectivity index (χ1n) is 12.6. The molecule has 1 amide bonds. The van der Waals surface area contributed by atoms with E-state index < -0.39 is 0 Å². The van der Waals surface area contributed by atoms with Gasteiger partial charge >= 0.3 is 5.69 Å². The molecule has 0 radical (unpaired) electrons. The number of nitrogens with zero attached hydrogens (tertiary/aromatic N) is 6. The van der Waals surface area contributed by atoms with Gasteiger partial charge in [-0.1, -0.05) is 0 Å². The maximum atomic E-state index is 13.1. The van der Waals surface area contributed by atoms with Crippen LogP contribution in [0.2, 0.25) is 0 Å². The number of thiazole rings is 1. The molecule has 0 atom stereocenters. The maximum Gasteiger partial charge on any atom is 0.335 e. The Bertz CT molecular complexity index is 1490. The van der Waals surface area contributed by atoms with Gasteiger partial charge in [0, 0.05) is 31.8 Å². The van der Waals surface area contributed by atoms with Gasteiger partial charge in [0.25, 0.3) is 5.91 Å². The molecule has 0 unspecified atom stereocenters. The standard InChI is InChI=1S/C26H30N7O5S/c1-31-23-15-18(38-14-13-37-12-11-36-2)3-4-22(23)33(26(31)35)25-30-20(17-39-25)24(34)29-19-16-28-6-5-21(19)32-9-7-27-8-10-32/h3-6,15-17H,7-14H2,1-2H3,(H,29,34)/q-1. The first kappa shape index (κ1) is 26.8. The van der Waals surface area contributed by atoms with Gasteiger partial charge in [0.15, 0.2) is 5.13 Å². The third-order valence-electron chi connectivity index (χ3n) is 6.31. The zero-order chi connectivity index (χ0) is 27.2. The van der Waals surface area contributed by atoms with Gasteiger partial charge in [-0.2, -0.15) is 0 Å². The normalized spacial score (nSPS) is 13.6. The van der Waals surface area contributed by atoms with Crippen LogP contribution < -0.4 is 20.6 Å². The van der Waals surface area contributed by atoms with Crippen LogP contribution in [-0.2, 0) is 16.5 Å². The minimum atomic E-state index is -0.370. The van der Waals surface area contributed by atoms with Crippen molar-refractivity contribution in [1.29, 1.82) is 0 Å². The molecule has 39 heavy (non-hydrogen) atoms. The van der Waals surface area contributed by atoms with Gasteiger partial charge in [-0.15, -0.1) is 24.4 Å². The fraction of sp³-hybridized carbons (Fsp3) is 0.385. The Kier molecular flexibility index (Phi) is 8.51. The summed E-state index contributed by atoms with van der Waals surface area (Å²) < 4.78 is 19.2. The quantitative estimate of drug-likeness (QED) is 0.282. The predicted molar refractivity (Wildman–Crippen MR) is 150 cm³/mol. The lowest BCUT2D eigenvalue weighted by Gasteiger charge is -2.37. The highest BCUT2D eigenvalue weighted by Crippen LogP contribution is 2.28. The molecule has 4 heterocycles. The Morgan fingerprint density at radius 2 is 1.95 bits per heavy atom. The number of nitrogens with one attached hydrogen (secondary N) is 1. The molecular formula is C26H30N7O5S-. The minimum absolute atomic E-state index is 0.218. The van der Waals surface area contributed by atoms with E-state index in [9.17, 15) is 9.59 Å². The lowest BCUT2D eigenvalue weighted by atomic mass is 10.2. The number of piperazine rings is 1. The Morgan fingerprint density at radius 3 is 2.77 bits per heavy atom. The van der Waals surface area contributed by atoms with Crippen LogP contribution >= 0.6 is 11.3 Å². The summed E-state index contributed by atoms with van der Waals surface area (Å²) in [6.45, 7) is 4.91. The molecule has 206 valence electrons. The summed E-state index contributed by atoms with van der Waals surface area (Å²) in [5, 5.41) is 9.37. The van der Waals surface area contributed by atoms with E-state index in [1.165, 1.54) is 20.5 Å². The highest BCUT2D eigenvalue weighted by Gasteiger charge is 2.20. The average Bonchev–Trinajstić information content (AvgIpc) is 3.54. The topological polar surface area (TPSA) is 127 Å². The molecule has 1 N–H and O–H groups in total. The van der Waals surface area contributed by atoms with Crippen molar-refractivity contribution in [2.75, 3.05) is 69.9 Å². The van der Waals surface area contributed by atoms with E-state index in [0.29, 0.717) is 54.0 Å². The average molecular weight is 553 g/mol. The third kappa shape index (κ3) is 5.96. The number of carbonyl (C=O) groups is 1. The molecule has 4 aromatic rings. The van der Waals surface area contributed by atoms with Crippen molar-refractivity contribution in [3.8, 4) is 10.9 Å². The number of ether oxygens (including phenoxy) is 3. The monoisotopic (exact) mass is 552 g/mol. The van der Waals surface area contributed by atoms with Gasteiger partial charge in [0.05, 0.1) is 48.4 Å². The number of rotatable bonds is 11. The van der Waals surface area contributed by atoms with Crippen molar-refractivity contribution in [3.63, 3.8) is 0 Å². The van der Waals surface area contributed by atoms with Crippen LogP contribution in [-0.4, -0.2) is 84.7 Å². The van der Waals surface area contributed by atoms with Crippen LogP contribution in [0.1, 0.15) is 10.5 Å². The van der Waals surface area contributed by atoms with E-state index in [1.54, 1.807) is 44.1 Å². The number of fused-ring (bicyclic) bond motifs is 1. The molecule has 0 spiro atoms. The summed E-state index contributed by atoms with van der Waals surface area (Å²) in [6.07, 6.45) is 3.34.